The van der Waals surface area contributed by atoms with E-state index in [0.29, 0.717) is 43.1 Å². The van der Waals surface area contributed by atoms with Crippen LogP contribution in [0.3, 0.4) is 0 Å². The van der Waals surface area contributed by atoms with Gasteiger partial charge in [-0.25, -0.2) is 0 Å². The number of amides is 2. The van der Waals surface area contributed by atoms with Crippen LogP contribution in [0.1, 0.15) is 26.3 Å². The van der Waals surface area contributed by atoms with E-state index in [1.807, 2.05) is 25.1 Å². The molecule has 1 saturated heterocycles. The molecule has 6 heteroatoms. The fourth-order valence-electron chi connectivity index (χ4n) is 2.91. The summed E-state index contributed by atoms with van der Waals surface area (Å²) >= 11 is 0. The molecule has 2 amide bonds. The van der Waals surface area contributed by atoms with Crippen LogP contribution in [0.5, 0.6) is 5.75 Å². The van der Waals surface area contributed by atoms with Crippen molar-refractivity contribution < 1.29 is 14.3 Å². The minimum atomic E-state index is -0.0516. The molecular weight excluding hydrogens is 306 g/mol. The lowest BCUT2D eigenvalue weighted by molar-refractivity contribution is 0.0533. The summed E-state index contributed by atoms with van der Waals surface area (Å²) in [5.74, 6) is 0.525. The van der Waals surface area contributed by atoms with E-state index in [-0.39, 0.29) is 11.8 Å². The largest absolute Gasteiger partial charge is 0.496 e. The lowest BCUT2D eigenvalue weighted by Crippen LogP contribution is -2.50. The van der Waals surface area contributed by atoms with Crippen LogP contribution >= 0.6 is 0 Å². The first kappa shape index (κ1) is 16.1. The van der Waals surface area contributed by atoms with E-state index in [1.165, 1.54) is 0 Å². The van der Waals surface area contributed by atoms with Crippen LogP contribution in [0.15, 0.2) is 36.7 Å². The van der Waals surface area contributed by atoms with Gasteiger partial charge in [-0.1, -0.05) is 11.6 Å². The summed E-state index contributed by atoms with van der Waals surface area (Å²) < 4.78 is 5.31. The van der Waals surface area contributed by atoms with E-state index in [1.54, 1.807) is 35.4 Å². The van der Waals surface area contributed by atoms with E-state index in [0.717, 1.165) is 5.56 Å². The minimum absolute atomic E-state index is 0.00325. The number of carbonyl (C=O) groups excluding carboxylic acids is 2. The van der Waals surface area contributed by atoms with Crippen molar-refractivity contribution in [3.8, 4) is 5.75 Å². The molecule has 0 aliphatic carbocycles. The second kappa shape index (κ2) is 6.78. The van der Waals surface area contributed by atoms with Crippen molar-refractivity contribution in [2.75, 3.05) is 33.3 Å². The summed E-state index contributed by atoms with van der Waals surface area (Å²) in [7, 11) is 1.56. The molecule has 3 rings (SSSR count). The number of nitrogens with one attached hydrogen (secondary N) is 1. The smallest absolute Gasteiger partial charge is 0.257 e. The van der Waals surface area contributed by atoms with E-state index < -0.39 is 0 Å². The highest BCUT2D eigenvalue weighted by atomic mass is 16.5. The van der Waals surface area contributed by atoms with Gasteiger partial charge in [-0.3, -0.25) is 9.59 Å². The number of carbonyl (C=O) groups is 2. The molecule has 0 spiro atoms. The van der Waals surface area contributed by atoms with Crippen molar-refractivity contribution in [2.24, 2.45) is 0 Å². The minimum Gasteiger partial charge on any atom is -0.496 e. The Morgan fingerprint density at radius 3 is 2.29 bits per heavy atom. The molecule has 1 aromatic heterocycles. The van der Waals surface area contributed by atoms with Crippen LogP contribution in [0, 0.1) is 6.92 Å². The van der Waals surface area contributed by atoms with Gasteiger partial charge in [-0.05, 0) is 25.1 Å². The highest BCUT2D eigenvalue weighted by Gasteiger charge is 2.27. The quantitative estimate of drug-likeness (QED) is 0.937. The Morgan fingerprint density at radius 2 is 1.71 bits per heavy atom. The first-order valence-corrected chi connectivity index (χ1v) is 7.96. The molecule has 2 heterocycles. The van der Waals surface area contributed by atoms with Gasteiger partial charge >= 0.3 is 0 Å². The number of aromatic nitrogens is 1. The molecule has 1 aliphatic rings. The van der Waals surface area contributed by atoms with Gasteiger partial charge in [0.05, 0.1) is 18.2 Å². The second-order valence-corrected chi connectivity index (χ2v) is 5.89. The fraction of sp³-hybridized carbons (Fsp3) is 0.333. The summed E-state index contributed by atoms with van der Waals surface area (Å²) in [6, 6.07) is 7.34. The third-order valence-electron chi connectivity index (χ3n) is 4.28. The third kappa shape index (κ3) is 3.13. The first-order chi connectivity index (χ1) is 11.6. The Bertz CT molecular complexity index is 732. The molecule has 0 atom stereocenters. The summed E-state index contributed by atoms with van der Waals surface area (Å²) in [6.45, 7) is 4.05. The first-order valence-electron chi connectivity index (χ1n) is 7.96. The maximum atomic E-state index is 12.8. The van der Waals surface area contributed by atoms with Crippen LogP contribution in [-0.2, 0) is 0 Å². The van der Waals surface area contributed by atoms with Crippen molar-refractivity contribution in [1.82, 2.24) is 14.8 Å². The molecule has 0 radical (unpaired) electrons. The average Bonchev–Trinajstić information content (AvgIpc) is 3.15. The summed E-state index contributed by atoms with van der Waals surface area (Å²) in [5, 5.41) is 0. The van der Waals surface area contributed by atoms with Gasteiger partial charge in [0.15, 0.2) is 0 Å². The lowest BCUT2D eigenvalue weighted by atomic mass is 10.1. The van der Waals surface area contributed by atoms with Crippen molar-refractivity contribution in [3.63, 3.8) is 0 Å². The van der Waals surface area contributed by atoms with Crippen LogP contribution < -0.4 is 4.74 Å². The molecule has 126 valence electrons. The molecule has 0 unspecified atom stereocenters. The zero-order valence-electron chi connectivity index (χ0n) is 13.9. The van der Waals surface area contributed by atoms with Crippen molar-refractivity contribution in [3.05, 3.63) is 53.3 Å². The van der Waals surface area contributed by atoms with E-state index in [9.17, 15) is 9.59 Å². The maximum absolute atomic E-state index is 12.8. The van der Waals surface area contributed by atoms with E-state index in [2.05, 4.69) is 4.98 Å². The van der Waals surface area contributed by atoms with E-state index >= 15 is 0 Å². The number of hydrogen-bond donors (Lipinski definition) is 1. The Hall–Kier alpha value is -2.76. The zero-order valence-corrected chi connectivity index (χ0v) is 13.9. The molecule has 0 saturated carbocycles. The molecule has 1 fully saturated rings. The standard InChI is InChI=1S/C18H21N3O3/c1-13-3-4-16(24-2)15(11-13)18(23)21-9-7-20(8-10-21)17(22)14-5-6-19-12-14/h3-6,11-12,19H,7-10H2,1-2H3. The molecule has 0 bridgehead atoms. The van der Waals surface area contributed by atoms with Crippen molar-refractivity contribution in [2.45, 2.75) is 6.92 Å². The average molecular weight is 327 g/mol. The fourth-order valence-corrected chi connectivity index (χ4v) is 2.91. The summed E-state index contributed by atoms with van der Waals surface area (Å²) in [4.78, 5) is 31.6. The van der Waals surface area contributed by atoms with Crippen LogP contribution in [-0.4, -0.2) is 59.9 Å². The number of benzene rings is 1. The molecule has 1 aliphatic heterocycles. The summed E-state index contributed by atoms with van der Waals surface area (Å²) in [5.41, 5.74) is 2.23. The number of ether oxygens (including phenoxy) is 1. The number of nitrogens with zero attached hydrogens (tertiary/aromatic N) is 2. The van der Waals surface area contributed by atoms with Gasteiger partial charge in [-0.2, -0.15) is 0 Å². The lowest BCUT2D eigenvalue weighted by Gasteiger charge is -2.35. The highest BCUT2D eigenvalue weighted by molar-refractivity contribution is 5.98. The molecule has 2 aromatic rings. The summed E-state index contributed by atoms with van der Waals surface area (Å²) in [6.07, 6.45) is 3.43. The highest BCUT2D eigenvalue weighted by Crippen LogP contribution is 2.22. The normalized spacial score (nSPS) is 14.6. The van der Waals surface area contributed by atoms with E-state index in [4.69, 9.17) is 4.74 Å². The van der Waals surface area contributed by atoms with Gasteiger partial charge in [0.2, 0.25) is 0 Å². The molecular formula is C18H21N3O3. The van der Waals surface area contributed by atoms with Crippen LogP contribution in [0.2, 0.25) is 0 Å². The van der Waals surface area contributed by atoms with Crippen LogP contribution in [0.25, 0.3) is 0 Å². The SMILES string of the molecule is COc1ccc(C)cc1C(=O)N1CCN(C(=O)c2cc[nH]c2)CC1. The van der Waals surface area contributed by atoms with Gasteiger partial charge in [0.25, 0.3) is 11.8 Å². The van der Waals surface area contributed by atoms with Gasteiger partial charge in [-0.15, -0.1) is 0 Å². The van der Waals surface area contributed by atoms with Crippen LogP contribution in [0.4, 0.5) is 0 Å². The van der Waals surface area contributed by atoms with Gasteiger partial charge < -0.3 is 19.5 Å². The maximum Gasteiger partial charge on any atom is 0.257 e. The number of methoxy groups -OCH3 is 1. The Balaban J connectivity index is 1.67. The topological polar surface area (TPSA) is 65.6 Å². The number of hydrogen-bond acceptors (Lipinski definition) is 3. The molecule has 24 heavy (non-hydrogen) atoms. The van der Waals surface area contributed by atoms with Gasteiger partial charge in [0, 0.05) is 38.6 Å². The Kier molecular flexibility index (Phi) is 4.55. The predicted molar refractivity (Wildman–Crippen MR) is 90.3 cm³/mol. The second-order valence-electron chi connectivity index (χ2n) is 5.89. The zero-order chi connectivity index (χ0) is 17.1. The number of aryl methyl sites for hydroxylation is 1. The Morgan fingerprint density at radius 1 is 1.04 bits per heavy atom. The third-order valence-corrected chi connectivity index (χ3v) is 4.28. The number of rotatable bonds is 3. The number of piperazine rings is 1. The van der Waals surface area contributed by atoms with Gasteiger partial charge in [0.1, 0.15) is 5.75 Å². The van der Waals surface area contributed by atoms with Crippen molar-refractivity contribution >= 4 is 11.8 Å². The number of H-pyrrole nitrogens is 1. The number of aromatic amines is 1. The van der Waals surface area contributed by atoms with Crippen molar-refractivity contribution in [1.29, 1.82) is 0 Å². The predicted octanol–water partition coefficient (Wildman–Crippen LogP) is 1.93. The molecule has 6 nitrogen and oxygen atoms in total. The molecule has 1 aromatic carbocycles. The Labute approximate surface area is 141 Å². The monoisotopic (exact) mass is 327 g/mol. The molecule has 1 N–H and O–H groups in total.